The second kappa shape index (κ2) is 7.31. The highest BCUT2D eigenvalue weighted by Crippen LogP contribution is 2.14. The maximum Gasteiger partial charge on any atom is 0.412 e. The van der Waals surface area contributed by atoms with Gasteiger partial charge in [0.2, 0.25) is 0 Å². The molecule has 3 nitrogen and oxygen atoms in total. The molecule has 0 aliphatic heterocycles. The van der Waals surface area contributed by atoms with Crippen molar-refractivity contribution in [1.29, 1.82) is 0 Å². The van der Waals surface area contributed by atoms with Crippen molar-refractivity contribution in [3.63, 3.8) is 0 Å². The highest BCUT2D eigenvalue weighted by atomic mass is 79.9. The maximum absolute atomic E-state index is 11.2. The zero-order chi connectivity index (χ0) is 11.8. The fourth-order valence-corrected chi connectivity index (χ4v) is 1.35. The van der Waals surface area contributed by atoms with Crippen LogP contribution in [-0.4, -0.2) is 18.0 Å². The predicted octanol–water partition coefficient (Wildman–Crippen LogP) is 3.40. The van der Waals surface area contributed by atoms with E-state index in [1.54, 1.807) is 12.1 Å². The molecule has 1 rings (SSSR count). The Labute approximate surface area is 111 Å². The fraction of sp³-hybridized carbons (Fsp3) is 0.182. The number of ether oxygens (including phenoxy) is 1. The second-order valence-corrected chi connectivity index (χ2v) is 4.17. The zero-order valence-electron chi connectivity index (χ0n) is 8.30. The minimum Gasteiger partial charge on any atom is -0.436 e. The van der Waals surface area contributed by atoms with Crippen molar-refractivity contribution in [3.05, 3.63) is 28.7 Å². The SMILES string of the molecule is O=C(Nc1ccc(Br)cc1)OCC#CCBr. The number of nitrogens with one attached hydrogen (secondary N) is 1. The third-order valence-electron chi connectivity index (χ3n) is 1.56. The van der Waals surface area contributed by atoms with Gasteiger partial charge in [0.25, 0.3) is 0 Å². The van der Waals surface area contributed by atoms with Crippen molar-refractivity contribution in [3.8, 4) is 11.8 Å². The average Bonchev–Trinajstić information content (AvgIpc) is 2.28. The predicted molar refractivity (Wildman–Crippen MR) is 70.7 cm³/mol. The lowest BCUT2D eigenvalue weighted by Gasteiger charge is -2.04. The van der Waals surface area contributed by atoms with Crippen molar-refractivity contribution in [2.24, 2.45) is 0 Å². The molecule has 84 valence electrons. The molecule has 1 aromatic carbocycles. The van der Waals surface area contributed by atoms with E-state index in [-0.39, 0.29) is 6.61 Å². The summed E-state index contributed by atoms with van der Waals surface area (Å²) in [6, 6.07) is 7.21. The van der Waals surface area contributed by atoms with E-state index in [0.29, 0.717) is 11.0 Å². The Hall–Kier alpha value is -0.990. The summed E-state index contributed by atoms with van der Waals surface area (Å²) >= 11 is 6.45. The summed E-state index contributed by atoms with van der Waals surface area (Å²) < 4.78 is 5.78. The first kappa shape index (κ1) is 13.1. The molecule has 16 heavy (non-hydrogen) atoms. The number of anilines is 1. The molecule has 1 amide bonds. The van der Waals surface area contributed by atoms with Gasteiger partial charge in [0, 0.05) is 10.2 Å². The van der Waals surface area contributed by atoms with Gasteiger partial charge in [-0.15, -0.1) is 0 Å². The van der Waals surface area contributed by atoms with E-state index >= 15 is 0 Å². The number of benzene rings is 1. The van der Waals surface area contributed by atoms with Gasteiger partial charge in [-0.05, 0) is 24.3 Å². The molecule has 1 N–H and O–H groups in total. The number of carbonyl (C=O) groups is 1. The minimum atomic E-state index is -0.508. The average molecular weight is 347 g/mol. The van der Waals surface area contributed by atoms with Gasteiger partial charge in [-0.1, -0.05) is 43.7 Å². The first-order valence-corrected chi connectivity index (χ1v) is 6.35. The number of rotatable bonds is 2. The minimum absolute atomic E-state index is 0.0912. The quantitative estimate of drug-likeness (QED) is 0.658. The van der Waals surface area contributed by atoms with Gasteiger partial charge in [-0.2, -0.15) is 0 Å². The van der Waals surface area contributed by atoms with Crippen molar-refractivity contribution in [1.82, 2.24) is 0 Å². The van der Waals surface area contributed by atoms with Gasteiger partial charge >= 0.3 is 6.09 Å². The number of hydrogen-bond donors (Lipinski definition) is 1. The topological polar surface area (TPSA) is 38.3 Å². The standard InChI is InChI=1S/C11H9Br2NO2/c12-7-1-2-8-16-11(15)14-10-5-3-9(13)4-6-10/h3-6H,7-8H2,(H,14,15). The molecular weight excluding hydrogens is 338 g/mol. The van der Waals surface area contributed by atoms with E-state index in [1.807, 2.05) is 12.1 Å². The highest BCUT2D eigenvalue weighted by molar-refractivity contribution is 9.10. The van der Waals surface area contributed by atoms with Crippen molar-refractivity contribution in [2.75, 3.05) is 17.3 Å². The summed E-state index contributed by atoms with van der Waals surface area (Å²) in [4.78, 5) is 11.2. The normalized spacial score (nSPS) is 8.88. The lowest BCUT2D eigenvalue weighted by atomic mass is 10.3. The maximum atomic E-state index is 11.2. The first-order chi connectivity index (χ1) is 7.72. The van der Waals surface area contributed by atoms with E-state index < -0.39 is 6.09 Å². The molecule has 0 bridgehead atoms. The van der Waals surface area contributed by atoms with E-state index in [9.17, 15) is 4.79 Å². The largest absolute Gasteiger partial charge is 0.436 e. The number of alkyl halides is 1. The molecule has 0 fully saturated rings. The summed E-state index contributed by atoms with van der Waals surface area (Å²) in [5.74, 6) is 5.40. The molecular formula is C11H9Br2NO2. The Morgan fingerprint density at radius 1 is 1.31 bits per heavy atom. The Bertz CT molecular complexity index is 406. The molecule has 0 aliphatic carbocycles. The van der Waals surface area contributed by atoms with E-state index in [1.165, 1.54) is 0 Å². The van der Waals surface area contributed by atoms with Crippen molar-refractivity contribution in [2.45, 2.75) is 0 Å². The molecule has 5 heteroatoms. The fourth-order valence-electron chi connectivity index (χ4n) is 0.887. The molecule has 0 aromatic heterocycles. The van der Waals surface area contributed by atoms with Gasteiger partial charge < -0.3 is 4.74 Å². The highest BCUT2D eigenvalue weighted by Gasteiger charge is 2.00. The molecule has 0 unspecified atom stereocenters. The van der Waals surface area contributed by atoms with E-state index in [4.69, 9.17) is 4.74 Å². The Morgan fingerprint density at radius 2 is 2.00 bits per heavy atom. The van der Waals surface area contributed by atoms with Crippen LogP contribution in [-0.2, 0) is 4.74 Å². The van der Waals surface area contributed by atoms with Gasteiger partial charge in [0.05, 0.1) is 5.33 Å². The third kappa shape index (κ3) is 5.19. The van der Waals surface area contributed by atoms with Crippen LogP contribution >= 0.6 is 31.9 Å². The molecule has 0 atom stereocenters. The Morgan fingerprint density at radius 3 is 2.62 bits per heavy atom. The van der Waals surface area contributed by atoms with Crippen LogP contribution in [0.4, 0.5) is 10.5 Å². The third-order valence-corrected chi connectivity index (χ3v) is 2.37. The molecule has 0 spiro atoms. The van der Waals surface area contributed by atoms with Crippen molar-refractivity contribution < 1.29 is 9.53 Å². The molecule has 0 heterocycles. The Balaban J connectivity index is 2.37. The monoisotopic (exact) mass is 345 g/mol. The number of halogens is 2. The van der Waals surface area contributed by atoms with Crippen LogP contribution < -0.4 is 5.32 Å². The molecule has 0 radical (unpaired) electrons. The molecule has 1 aromatic rings. The molecule has 0 saturated heterocycles. The number of hydrogen-bond acceptors (Lipinski definition) is 2. The first-order valence-electron chi connectivity index (χ1n) is 4.43. The van der Waals surface area contributed by atoms with Crippen LogP contribution in [0.3, 0.4) is 0 Å². The Kier molecular flexibility index (Phi) is 5.98. The van der Waals surface area contributed by atoms with Gasteiger partial charge in [-0.3, -0.25) is 5.32 Å². The van der Waals surface area contributed by atoms with Crippen LogP contribution in [0, 0.1) is 11.8 Å². The van der Waals surface area contributed by atoms with Crippen LogP contribution in [0.25, 0.3) is 0 Å². The van der Waals surface area contributed by atoms with E-state index in [2.05, 4.69) is 49.0 Å². The molecule has 0 aliphatic rings. The molecule has 0 saturated carbocycles. The number of carbonyl (C=O) groups excluding carboxylic acids is 1. The van der Waals surface area contributed by atoms with Crippen LogP contribution in [0.5, 0.6) is 0 Å². The summed E-state index contributed by atoms with van der Waals surface area (Å²) in [7, 11) is 0. The van der Waals surface area contributed by atoms with Gasteiger partial charge in [-0.25, -0.2) is 4.79 Å². The number of amides is 1. The summed E-state index contributed by atoms with van der Waals surface area (Å²) in [5.41, 5.74) is 0.682. The summed E-state index contributed by atoms with van der Waals surface area (Å²) in [6.45, 7) is 0.0912. The van der Waals surface area contributed by atoms with E-state index in [0.717, 1.165) is 4.47 Å². The summed E-state index contributed by atoms with van der Waals surface area (Å²) in [5, 5.41) is 3.16. The zero-order valence-corrected chi connectivity index (χ0v) is 11.5. The van der Waals surface area contributed by atoms with Crippen LogP contribution in [0.1, 0.15) is 0 Å². The van der Waals surface area contributed by atoms with Gasteiger partial charge in [0.1, 0.15) is 0 Å². The smallest absolute Gasteiger partial charge is 0.412 e. The summed E-state index contributed by atoms with van der Waals surface area (Å²) in [6.07, 6.45) is -0.508. The van der Waals surface area contributed by atoms with Crippen molar-refractivity contribution >= 4 is 43.6 Å². The van der Waals surface area contributed by atoms with Gasteiger partial charge in [0.15, 0.2) is 6.61 Å². The lowest BCUT2D eigenvalue weighted by Crippen LogP contribution is -2.13. The second-order valence-electron chi connectivity index (χ2n) is 2.70. The van der Waals surface area contributed by atoms with Crippen LogP contribution in [0.15, 0.2) is 28.7 Å². The van der Waals surface area contributed by atoms with Crippen LogP contribution in [0.2, 0.25) is 0 Å². The lowest BCUT2D eigenvalue weighted by molar-refractivity contribution is 0.176.